The first kappa shape index (κ1) is 21.6. The maximum Gasteiger partial charge on any atom is 0.223 e. The van der Waals surface area contributed by atoms with E-state index in [9.17, 15) is 4.79 Å². The summed E-state index contributed by atoms with van der Waals surface area (Å²) >= 11 is 0. The molecule has 0 unspecified atom stereocenters. The Bertz CT molecular complexity index is 983. The van der Waals surface area contributed by atoms with Crippen LogP contribution in [0.1, 0.15) is 24.5 Å². The van der Waals surface area contributed by atoms with E-state index in [4.69, 9.17) is 14.6 Å². The Kier molecular flexibility index (Phi) is 7.25. The molecule has 1 heterocycles. The second kappa shape index (κ2) is 10.1. The fraction of sp³-hybridized carbons (Fsp3) is 0.333. The summed E-state index contributed by atoms with van der Waals surface area (Å²) in [4.78, 5) is 14.4. The first-order valence-electron chi connectivity index (χ1n) is 10.2. The van der Waals surface area contributed by atoms with Crippen molar-refractivity contribution in [3.8, 4) is 22.9 Å². The minimum absolute atomic E-state index is 0.0661. The topological polar surface area (TPSA) is 56.6 Å². The van der Waals surface area contributed by atoms with E-state index in [2.05, 4.69) is 0 Å². The summed E-state index contributed by atoms with van der Waals surface area (Å²) in [6.07, 6.45) is 0.429. The van der Waals surface area contributed by atoms with Crippen molar-refractivity contribution in [1.29, 1.82) is 0 Å². The molecule has 30 heavy (non-hydrogen) atoms. The molecular weight excluding hydrogens is 378 g/mol. The summed E-state index contributed by atoms with van der Waals surface area (Å²) in [5, 5.41) is 4.74. The van der Waals surface area contributed by atoms with E-state index < -0.39 is 0 Å². The second-order valence-corrected chi connectivity index (χ2v) is 7.20. The number of rotatable bonds is 9. The van der Waals surface area contributed by atoms with Crippen molar-refractivity contribution in [3.05, 3.63) is 65.7 Å². The molecule has 0 N–H and O–H groups in total. The van der Waals surface area contributed by atoms with Crippen LogP contribution in [0.15, 0.2) is 54.6 Å². The number of carbonyl (C=O) groups excluding carboxylic acids is 1. The van der Waals surface area contributed by atoms with Crippen LogP contribution in [0.4, 0.5) is 0 Å². The maximum absolute atomic E-state index is 12.6. The number of ether oxygens (including phenoxy) is 2. The van der Waals surface area contributed by atoms with E-state index in [1.807, 2.05) is 75.5 Å². The van der Waals surface area contributed by atoms with Gasteiger partial charge in [-0.3, -0.25) is 4.79 Å². The third-order valence-corrected chi connectivity index (χ3v) is 4.91. The highest BCUT2D eigenvalue weighted by molar-refractivity contribution is 5.76. The highest BCUT2D eigenvalue weighted by atomic mass is 16.5. The fourth-order valence-electron chi connectivity index (χ4n) is 3.35. The largest absolute Gasteiger partial charge is 0.439 e. The van der Waals surface area contributed by atoms with Gasteiger partial charge in [0.25, 0.3) is 0 Å². The SMILES string of the molecule is CCC(=O)N(CCOC)Cc1c(-c2ccccc2)nn(C)c1Oc1cccc(C)c1. The Balaban J connectivity index is 2.05. The van der Waals surface area contributed by atoms with E-state index in [1.54, 1.807) is 16.7 Å². The number of carbonyl (C=O) groups is 1. The number of aromatic nitrogens is 2. The molecule has 0 saturated heterocycles. The van der Waals surface area contributed by atoms with Gasteiger partial charge in [-0.25, -0.2) is 4.68 Å². The second-order valence-electron chi connectivity index (χ2n) is 7.20. The van der Waals surface area contributed by atoms with Gasteiger partial charge in [0, 0.05) is 32.7 Å². The Labute approximate surface area is 178 Å². The van der Waals surface area contributed by atoms with Gasteiger partial charge < -0.3 is 14.4 Å². The molecule has 0 fully saturated rings. The van der Waals surface area contributed by atoms with Crippen molar-refractivity contribution in [2.75, 3.05) is 20.3 Å². The summed E-state index contributed by atoms with van der Waals surface area (Å²) in [6.45, 7) is 5.28. The normalized spacial score (nSPS) is 10.8. The number of aryl methyl sites for hydroxylation is 2. The average Bonchev–Trinajstić information content (AvgIpc) is 3.06. The Morgan fingerprint density at radius 1 is 1.13 bits per heavy atom. The average molecular weight is 408 g/mol. The molecule has 0 bridgehead atoms. The van der Waals surface area contributed by atoms with E-state index >= 15 is 0 Å². The smallest absolute Gasteiger partial charge is 0.223 e. The Morgan fingerprint density at radius 2 is 1.90 bits per heavy atom. The van der Waals surface area contributed by atoms with Gasteiger partial charge in [-0.05, 0) is 24.6 Å². The van der Waals surface area contributed by atoms with Gasteiger partial charge in [0.05, 0.1) is 18.7 Å². The van der Waals surface area contributed by atoms with E-state index in [0.29, 0.717) is 32.0 Å². The van der Waals surface area contributed by atoms with Crippen molar-refractivity contribution >= 4 is 5.91 Å². The molecule has 0 saturated carbocycles. The molecule has 0 spiro atoms. The van der Waals surface area contributed by atoms with Crippen LogP contribution in [-0.2, 0) is 23.1 Å². The molecule has 1 aromatic heterocycles. The van der Waals surface area contributed by atoms with Crippen LogP contribution in [0.3, 0.4) is 0 Å². The number of nitrogens with zero attached hydrogens (tertiary/aromatic N) is 3. The third kappa shape index (κ3) is 5.07. The van der Waals surface area contributed by atoms with Crippen LogP contribution < -0.4 is 4.74 Å². The molecule has 0 radical (unpaired) electrons. The molecule has 3 rings (SSSR count). The quantitative estimate of drug-likeness (QED) is 0.521. The number of amides is 1. The molecule has 158 valence electrons. The van der Waals surface area contributed by atoms with Crippen LogP contribution in [0.25, 0.3) is 11.3 Å². The molecule has 0 atom stereocenters. The molecule has 0 aliphatic rings. The van der Waals surface area contributed by atoms with Gasteiger partial charge in [-0.1, -0.05) is 49.4 Å². The van der Waals surface area contributed by atoms with Gasteiger partial charge in [0.15, 0.2) is 0 Å². The lowest BCUT2D eigenvalue weighted by atomic mass is 10.1. The third-order valence-electron chi connectivity index (χ3n) is 4.91. The number of hydrogen-bond donors (Lipinski definition) is 0. The molecule has 1 amide bonds. The predicted octanol–water partition coefficient (Wildman–Crippen LogP) is 4.57. The molecule has 2 aromatic carbocycles. The van der Waals surface area contributed by atoms with Gasteiger partial charge >= 0.3 is 0 Å². The zero-order valence-electron chi connectivity index (χ0n) is 18.1. The summed E-state index contributed by atoms with van der Waals surface area (Å²) < 4.78 is 13.2. The van der Waals surface area contributed by atoms with Crippen molar-refractivity contribution in [3.63, 3.8) is 0 Å². The fourth-order valence-corrected chi connectivity index (χ4v) is 3.35. The predicted molar refractivity (Wildman–Crippen MR) is 117 cm³/mol. The zero-order valence-corrected chi connectivity index (χ0v) is 18.1. The van der Waals surface area contributed by atoms with Crippen LogP contribution >= 0.6 is 0 Å². The summed E-state index contributed by atoms with van der Waals surface area (Å²) in [6, 6.07) is 17.9. The molecule has 0 aliphatic heterocycles. The first-order chi connectivity index (χ1) is 14.5. The van der Waals surface area contributed by atoms with E-state index in [0.717, 1.165) is 28.1 Å². The highest BCUT2D eigenvalue weighted by Gasteiger charge is 2.23. The van der Waals surface area contributed by atoms with E-state index in [1.165, 1.54) is 0 Å². The number of hydrogen-bond acceptors (Lipinski definition) is 4. The van der Waals surface area contributed by atoms with Crippen molar-refractivity contribution in [1.82, 2.24) is 14.7 Å². The van der Waals surface area contributed by atoms with Crippen LogP contribution in [0.2, 0.25) is 0 Å². The minimum Gasteiger partial charge on any atom is -0.439 e. The lowest BCUT2D eigenvalue weighted by molar-refractivity contribution is -0.132. The highest BCUT2D eigenvalue weighted by Crippen LogP contribution is 2.34. The Morgan fingerprint density at radius 3 is 2.57 bits per heavy atom. The summed E-state index contributed by atoms with van der Waals surface area (Å²) in [5.41, 5.74) is 3.79. The molecule has 0 aliphatic carbocycles. The lowest BCUT2D eigenvalue weighted by Gasteiger charge is -2.22. The molecule has 3 aromatic rings. The van der Waals surface area contributed by atoms with Gasteiger partial charge in [-0.15, -0.1) is 0 Å². The standard InChI is InChI=1S/C24H29N3O3/c1-5-22(28)27(14-15-29-4)17-21-23(19-11-7-6-8-12-19)25-26(3)24(21)30-20-13-9-10-18(2)16-20/h6-13,16H,5,14-15,17H2,1-4H3. The maximum atomic E-state index is 12.6. The summed E-state index contributed by atoms with van der Waals surface area (Å²) in [7, 11) is 3.50. The monoisotopic (exact) mass is 407 g/mol. The van der Waals surface area contributed by atoms with Crippen molar-refractivity contribution < 1.29 is 14.3 Å². The van der Waals surface area contributed by atoms with Crippen molar-refractivity contribution in [2.24, 2.45) is 7.05 Å². The number of benzene rings is 2. The van der Waals surface area contributed by atoms with Gasteiger partial charge in [-0.2, -0.15) is 5.10 Å². The van der Waals surface area contributed by atoms with Crippen LogP contribution in [-0.4, -0.2) is 40.8 Å². The van der Waals surface area contributed by atoms with Crippen molar-refractivity contribution in [2.45, 2.75) is 26.8 Å². The molecular formula is C24H29N3O3. The molecule has 6 heteroatoms. The zero-order chi connectivity index (χ0) is 21.5. The van der Waals surface area contributed by atoms with Crippen LogP contribution in [0, 0.1) is 6.92 Å². The molecule has 6 nitrogen and oxygen atoms in total. The van der Waals surface area contributed by atoms with Gasteiger partial charge in [0.1, 0.15) is 11.4 Å². The Hall–Kier alpha value is -3.12. The minimum atomic E-state index is 0.0661. The number of methoxy groups -OCH3 is 1. The lowest BCUT2D eigenvalue weighted by Crippen LogP contribution is -2.33. The van der Waals surface area contributed by atoms with Gasteiger partial charge in [0.2, 0.25) is 11.8 Å². The van der Waals surface area contributed by atoms with E-state index in [-0.39, 0.29) is 5.91 Å². The summed E-state index contributed by atoms with van der Waals surface area (Å²) in [5.74, 6) is 1.44. The first-order valence-corrected chi connectivity index (χ1v) is 10.2. The van der Waals surface area contributed by atoms with Crippen LogP contribution in [0.5, 0.6) is 11.6 Å².